The summed E-state index contributed by atoms with van der Waals surface area (Å²) in [6.45, 7) is 0. The van der Waals surface area contributed by atoms with Crippen LogP contribution in [0.15, 0.2) is 96.7 Å². The monoisotopic (exact) mass is 533 g/mol. The number of anilines is 5. The fraction of sp³-hybridized carbons (Fsp3) is 0.0333. The van der Waals surface area contributed by atoms with Gasteiger partial charge in [-0.25, -0.2) is 0 Å². The van der Waals surface area contributed by atoms with Crippen molar-refractivity contribution in [3.63, 3.8) is 0 Å². The molecular formula is C30H19N3O2Se. The Bertz CT molecular complexity index is 1660. The predicted molar refractivity (Wildman–Crippen MR) is 145 cm³/mol. The second kappa shape index (κ2) is 7.88. The summed E-state index contributed by atoms with van der Waals surface area (Å²) in [7, 11) is 2.05. The Morgan fingerprint density at radius 3 is 2.11 bits per heavy atom. The molecule has 0 atom stereocenters. The molecule has 1 aliphatic heterocycles. The second-order valence-corrected chi connectivity index (χ2v) is 11.2. The first-order valence-corrected chi connectivity index (χ1v) is 13.3. The van der Waals surface area contributed by atoms with E-state index in [0.29, 0.717) is 11.1 Å². The molecule has 7 rings (SSSR count). The third kappa shape index (κ3) is 3.05. The molecule has 2 aromatic heterocycles. The predicted octanol–water partition coefficient (Wildman–Crippen LogP) is 6.31. The number of carbonyl (C=O) groups excluding carboxylic acids is 2. The van der Waals surface area contributed by atoms with Gasteiger partial charge in [0.25, 0.3) is 0 Å². The van der Waals surface area contributed by atoms with E-state index >= 15 is 0 Å². The average molecular weight is 532 g/mol. The normalized spacial score (nSPS) is 14.2. The number of para-hydroxylation sites is 2. The van der Waals surface area contributed by atoms with E-state index in [0.717, 1.165) is 42.7 Å². The van der Waals surface area contributed by atoms with E-state index in [1.54, 1.807) is 6.08 Å². The van der Waals surface area contributed by atoms with Crippen LogP contribution in [0, 0.1) is 0 Å². The van der Waals surface area contributed by atoms with Crippen LogP contribution in [0.2, 0.25) is 0 Å². The van der Waals surface area contributed by atoms with Gasteiger partial charge in [0.2, 0.25) is 0 Å². The van der Waals surface area contributed by atoms with E-state index < -0.39 is 0 Å². The van der Waals surface area contributed by atoms with Crippen LogP contribution in [0.3, 0.4) is 0 Å². The third-order valence-electron chi connectivity index (χ3n) is 6.81. The maximum atomic E-state index is 13.2. The number of Topliss-reactive ketones (excluding diaryl/α,β-unsaturated/α-hetero) is 2. The van der Waals surface area contributed by atoms with Crippen molar-refractivity contribution in [1.29, 1.82) is 0 Å². The molecule has 5 nitrogen and oxygen atoms in total. The van der Waals surface area contributed by atoms with Crippen LogP contribution in [0.5, 0.6) is 0 Å². The number of pyridine rings is 1. The van der Waals surface area contributed by atoms with Crippen molar-refractivity contribution in [1.82, 2.24) is 4.98 Å². The molecule has 3 heterocycles. The first-order valence-electron chi connectivity index (χ1n) is 11.6. The molecule has 0 unspecified atom stereocenters. The number of aromatic nitrogens is 1. The summed E-state index contributed by atoms with van der Waals surface area (Å²) in [5.41, 5.74) is 4.44. The SMILES string of the molecule is CN1c2ccccc2N(c2ccc(C=C3C(=O)c4cc5ccccc5cc4C3=O)[se]2)c2ncccc21. The van der Waals surface area contributed by atoms with Gasteiger partial charge in [0.05, 0.1) is 0 Å². The number of allylic oxidation sites excluding steroid dienone is 1. The number of hydrogen-bond donors (Lipinski definition) is 0. The maximum absolute atomic E-state index is 13.2. The minimum absolute atomic E-state index is 0.106. The Morgan fingerprint density at radius 2 is 1.39 bits per heavy atom. The van der Waals surface area contributed by atoms with Crippen molar-refractivity contribution in [2.75, 3.05) is 16.8 Å². The zero-order valence-electron chi connectivity index (χ0n) is 19.3. The molecule has 0 radical (unpaired) electrons. The summed E-state index contributed by atoms with van der Waals surface area (Å²) < 4.78 is 2.09. The molecule has 0 amide bonds. The molecule has 0 fully saturated rings. The molecular weight excluding hydrogens is 513 g/mol. The second-order valence-electron chi connectivity index (χ2n) is 8.87. The molecule has 1 aliphatic carbocycles. The Balaban J connectivity index is 1.30. The van der Waals surface area contributed by atoms with E-state index in [9.17, 15) is 9.59 Å². The quantitative estimate of drug-likeness (QED) is 0.152. The average Bonchev–Trinajstić information content (AvgIpc) is 3.46. The summed E-state index contributed by atoms with van der Waals surface area (Å²) in [5.74, 6) is 0.493. The van der Waals surface area contributed by atoms with Crippen LogP contribution in [0.4, 0.5) is 27.4 Å². The van der Waals surface area contributed by atoms with Crippen molar-refractivity contribution < 1.29 is 9.59 Å². The molecule has 172 valence electrons. The van der Waals surface area contributed by atoms with Crippen LogP contribution < -0.4 is 9.80 Å². The van der Waals surface area contributed by atoms with Crippen molar-refractivity contribution in [3.05, 3.63) is 112 Å². The Morgan fingerprint density at radius 1 is 0.750 bits per heavy atom. The van der Waals surface area contributed by atoms with Crippen molar-refractivity contribution in [2.24, 2.45) is 0 Å². The molecule has 0 bridgehead atoms. The van der Waals surface area contributed by atoms with Crippen molar-refractivity contribution >= 4 is 70.4 Å². The van der Waals surface area contributed by atoms with Gasteiger partial charge >= 0.3 is 214 Å². The Kier molecular flexibility index (Phi) is 4.61. The van der Waals surface area contributed by atoms with Crippen LogP contribution in [0.25, 0.3) is 16.8 Å². The number of hydrogen-bond acceptors (Lipinski definition) is 5. The summed E-state index contributed by atoms with van der Waals surface area (Å²) >= 11 is -0.106. The third-order valence-corrected chi connectivity index (χ3v) is 8.94. The molecule has 6 heteroatoms. The number of ketones is 2. The molecule has 2 aliphatic rings. The molecule has 36 heavy (non-hydrogen) atoms. The van der Waals surface area contributed by atoms with Crippen LogP contribution >= 0.6 is 0 Å². The Hall–Kier alpha value is -4.25. The van der Waals surface area contributed by atoms with Gasteiger partial charge in [-0.05, 0) is 0 Å². The van der Waals surface area contributed by atoms with Crippen molar-refractivity contribution in [3.8, 4) is 0 Å². The van der Waals surface area contributed by atoms with Gasteiger partial charge in [-0.15, -0.1) is 0 Å². The zero-order chi connectivity index (χ0) is 24.4. The summed E-state index contributed by atoms with van der Waals surface area (Å²) in [5, 5.41) is 1.93. The van der Waals surface area contributed by atoms with Gasteiger partial charge in [0, 0.05) is 0 Å². The molecule has 0 N–H and O–H groups in total. The fourth-order valence-corrected chi connectivity index (χ4v) is 7.08. The van der Waals surface area contributed by atoms with Gasteiger partial charge in [-0.2, -0.15) is 0 Å². The van der Waals surface area contributed by atoms with E-state index in [4.69, 9.17) is 4.98 Å². The van der Waals surface area contributed by atoms with E-state index in [1.807, 2.05) is 66.9 Å². The summed E-state index contributed by atoms with van der Waals surface area (Å²) in [4.78, 5) is 35.5. The number of fused-ring (bicyclic) bond motifs is 4. The van der Waals surface area contributed by atoms with Gasteiger partial charge in [0.15, 0.2) is 0 Å². The fourth-order valence-electron chi connectivity index (χ4n) is 5.05. The summed E-state index contributed by atoms with van der Waals surface area (Å²) in [6, 6.07) is 27.9. The first-order chi connectivity index (χ1) is 17.6. The topological polar surface area (TPSA) is 53.5 Å². The van der Waals surface area contributed by atoms with E-state index in [-0.39, 0.29) is 31.6 Å². The number of carbonyl (C=O) groups is 2. The molecule has 5 aromatic rings. The van der Waals surface area contributed by atoms with Gasteiger partial charge < -0.3 is 0 Å². The molecule has 0 saturated carbocycles. The first kappa shape index (κ1) is 21.1. The Labute approximate surface area is 213 Å². The molecule has 0 saturated heterocycles. The van der Waals surface area contributed by atoms with Gasteiger partial charge in [-0.3, -0.25) is 0 Å². The van der Waals surface area contributed by atoms with Crippen LogP contribution in [-0.2, 0) is 0 Å². The zero-order valence-corrected chi connectivity index (χ0v) is 21.0. The minimum atomic E-state index is -0.192. The number of rotatable bonds is 2. The van der Waals surface area contributed by atoms with Crippen LogP contribution in [-0.4, -0.2) is 38.1 Å². The number of benzene rings is 3. The molecule has 3 aromatic carbocycles. The van der Waals surface area contributed by atoms with E-state index in [1.165, 1.54) is 0 Å². The molecule has 0 spiro atoms. The van der Waals surface area contributed by atoms with Gasteiger partial charge in [0.1, 0.15) is 0 Å². The van der Waals surface area contributed by atoms with Gasteiger partial charge in [-0.1, -0.05) is 0 Å². The van der Waals surface area contributed by atoms with Crippen molar-refractivity contribution in [2.45, 2.75) is 0 Å². The summed E-state index contributed by atoms with van der Waals surface area (Å²) in [6.07, 6.45) is 3.60. The van der Waals surface area contributed by atoms with Crippen LogP contribution in [0.1, 0.15) is 25.2 Å². The van der Waals surface area contributed by atoms with E-state index in [2.05, 4.69) is 41.1 Å². The standard InChI is InChI=1S/C30H19N3O2Se/c1-32-24-9-4-5-10-25(24)33(30-26(32)11-6-14-31-30)27-13-12-20(36-27)17-23-28(34)21-15-18-7-2-3-8-19(18)16-22(21)29(23)35/h2-17H,1H3. The number of nitrogens with zero attached hydrogens (tertiary/aromatic N) is 3.